The standard InChI is InChI=1S/C15H10ClF2N5/c16-9-4-1-2-7-12(9)20-13-8-19-23-15(21-13)22-14-10(17)5-3-6-11(14)18/h1-8H,(H2,20,21,22,23). The maximum atomic E-state index is 13.6. The van der Waals surface area contributed by atoms with Gasteiger partial charge in [0.15, 0.2) is 5.82 Å². The predicted molar refractivity (Wildman–Crippen MR) is 84.2 cm³/mol. The van der Waals surface area contributed by atoms with E-state index < -0.39 is 11.6 Å². The maximum absolute atomic E-state index is 13.6. The zero-order chi connectivity index (χ0) is 16.2. The third kappa shape index (κ3) is 3.51. The molecule has 0 saturated carbocycles. The summed E-state index contributed by atoms with van der Waals surface area (Å²) in [5.74, 6) is -1.23. The number of anilines is 4. The van der Waals surface area contributed by atoms with Crippen LogP contribution in [0.4, 0.5) is 31.9 Å². The molecular formula is C15H10ClF2N5. The van der Waals surface area contributed by atoms with E-state index in [4.69, 9.17) is 11.6 Å². The van der Waals surface area contributed by atoms with Crippen LogP contribution >= 0.6 is 11.6 Å². The molecule has 5 nitrogen and oxygen atoms in total. The van der Waals surface area contributed by atoms with Crippen LogP contribution in [-0.4, -0.2) is 15.2 Å². The van der Waals surface area contributed by atoms with Crippen LogP contribution in [0, 0.1) is 11.6 Å². The highest BCUT2D eigenvalue weighted by Gasteiger charge is 2.11. The minimum atomic E-state index is -0.752. The SMILES string of the molecule is Fc1cccc(F)c1Nc1nncc(Nc2ccccc2Cl)n1. The van der Waals surface area contributed by atoms with Gasteiger partial charge in [0.1, 0.15) is 17.3 Å². The van der Waals surface area contributed by atoms with Gasteiger partial charge in [-0.1, -0.05) is 29.8 Å². The fourth-order valence-electron chi connectivity index (χ4n) is 1.85. The molecule has 0 radical (unpaired) electrons. The molecule has 0 bridgehead atoms. The van der Waals surface area contributed by atoms with Crippen molar-refractivity contribution in [3.63, 3.8) is 0 Å². The van der Waals surface area contributed by atoms with Crippen LogP contribution in [0.2, 0.25) is 5.02 Å². The van der Waals surface area contributed by atoms with Crippen LogP contribution in [0.3, 0.4) is 0 Å². The molecule has 2 aromatic carbocycles. The summed E-state index contributed by atoms with van der Waals surface area (Å²) in [4.78, 5) is 4.10. The van der Waals surface area contributed by atoms with Crippen molar-refractivity contribution in [1.82, 2.24) is 15.2 Å². The Morgan fingerprint density at radius 2 is 1.65 bits per heavy atom. The van der Waals surface area contributed by atoms with E-state index in [1.807, 2.05) is 0 Å². The van der Waals surface area contributed by atoms with Crippen LogP contribution < -0.4 is 10.6 Å². The van der Waals surface area contributed by atoms with Gasteiger partial charge in [-0.15, -0.1) is 5.10 Å². The van der Waals surface area contributed by atoms with E-state index in [1.165, 1.54) is 12.3 Å². The largest absolute Gasteiger partial charge is 0.338 e. The molecule has 23 heavy (non-hydrogen) atoms. The van der Waals surface area contributed by atoms with E-state index >= 15 is 0 Å². The molecule has 0 amide bonds. The van der Waals surface area contributed by atoms with Gasteiger partial charge in [0.2, 0.25) is 5.95 Å². The van der Waals surface area contributed by atoms with E-state index in [0.717, 1.165) is 12.1 Å². The Morgan fingerprint density at radius 3 is 2.39 bits per heavy atom. The third-order valence-electron chi connectivity index (χ3n) is 2.89. The number of benzene rings is 2. The van der Waals surface area contributed by atoms with Gasteiger partial charge in [-0.3, -0.25) is 0 Å². The number of hydrogen-bond donors (Lipinski definition) is 2. The second-order valence-electron chi connectivity index (χ2n) is 4.49. The average molecular weight is 334 g/mol. The molecule has 0 unspecified atom stereocenters. The number of rotatable bonds is 4. The van der Waals surface area contributed by atoms with Gasteiger partial charge in [-0.2, -0.15) is 10.1 Å². The van der Waals surface area contributed by atoms with Gasteiger partial charge >= 0.3 is 0 Å². The van der Waals surface area contributed by atoms with Crippen molar-refractivity contribution in [3.8, 4) is 0 Å². The van der Waals surface area contributed by atoms with Gasteiger partial charge in [0.05, 0.1) is 16.9 Å². The Labute approximate surface area is 135 Å². The van der Waals surface area contributed by atoms with E-state index in [9.17, 15) is 8.78 Å². The summed E-state index contributed by atoms with van der Waals surface area (Å²) in [6.45, 7) is 0. The highest BCUT2D eigenvalue weighted by atomic mass is 35.5. The Bertz CT molecular complexity index is 823. The number of halogens is 3. The molecule has 0 saturated heterocycles. The molecule has 0 aliphatic heterocycles. The van der Waals surface area contributed by atoms with Gasteiger partial charge in [0.25, 0.3) is 0 Å². The fourth-order valence-corrected chi connectivity index (χ4v) is 2.03. The summed E-state index contributed by atoms with van der Waals surface area (Å²) in [6.07, 6.45) is 1.37. The summed E-state index contributed by atoms with van der Waals surface area (Å²) in [7, 11) is 0. The maximum Gasteiger partial charge on any atom is 0.249 e. The summed E-state index contributed by atoms with van der Waals surface area (Å²) in [5, 5.41) is 13.4. The summed E-state index contributed by atoms with van der Waals surface area (Å²) >= 11 is 6.04. The molecule has 0 aliphatic carbocycles. The highest BCUT2D eigenvalue weighted by molar-refractivity contribution is 6.33. The smallest absolute Gasteiger partial charge is 0.249 e. The van der Waals surface area contributed by atoms with Gasteiger partial charge in [0, 0.05) is 0 Å². The van der Waals surface area contributed by atoms with Crippen molar-refractivity contribution in [2.45, 2.75) is 0 Å². The first-order chi connectivity index (χ1) is 11.1. The molecule has 0 spiro atoms. The second kappa shape index (κ2) is 6.53. The number of hydrogen-bond acceptors (Lipinski definition) is 5. The molecule has 0 fully saturated rings. The summed E-state index contributed by atoms with van der Waals surface area (Å²) in [5.41, 5.74) is 0.280. The van der Waals surface area contributed by atoms with Crippen LogP contribution in [0.25, 0.3) is 0 Å². The molecular weight excluding hydrogens is 324 g/mol. The fraction of sp³-hybridized carbons (Fsp3) is 0. The number of para-hydroxylation sites is 2. The normalized spacial score (nSPS) is 10.4. The molecule has 1 aromatic heterocycles. The summed E-state index contributed by atoms with van der Waals surface area (Å²) in [6, 6.07) is 10.6. The predicted octanol–water partition coefficient (Wildman–Crippen LogP) is 4.29. The monoisotopic (exact) mass is 333 g/mol. The molecule has 3 rings (SSSR count). The first kappa shape index (κ1) is 15.1. The van der Waals surface area contributed by atoms with Crippen molar-refractivity contribution >= 4 is 34.7 Å². The average Bonchev–Trinajstić information content (AvgIpc) is 2.54. The van der Waals surface area contributed by atoms with Crippen LogP contribution in [-0.2, 0) is 0 Å². The quantitative estimate of drug-likeness (QED) is 0.745. The highest BCUT2D eigenvalue weighted by Crippen LogP contribution is 2.25. The van der Waals surface area contributed by atoms with E-state index in [-0.39, 0.29) is 11.6 Å². The molecule has 1 heterocycles. The Kier molecular flexibility index (Phi) is 4.29. The second-order valence-corrected chi connectivity index (χ2v) is 4.90. The van der Waals surface area contributed by atoms with Gasteiger partial charge < -0.3 is 10.6 Å². The summed E-state index contributed by atoms with van der Waals surface area (Å²) < 4.78 is 27.2. The van der Waals surface area contributed by atoms with Crippen molar-refractivity contribution in [3.05, 3.63) is 65.3 Å². The number of nitrogens with one attached hydrogen (secondary N) is 2. The Hall–Kier alpha value is -2.80. The number of aromatic nitrogens is 3. The first-order valence-corrected chi connectivity index (χ1v) is 6.93. The number of nitrogens with zero attached hydrogens (tertiary/aromatic N) is 3. The molecule has 3 aromatic rings. The van der Waals surface area contributed by atoms with Gasteiger partial charge in [-0.05, 0) is 24.3 Å². The van der Waals surface area contributed by atoms with Crippen LogP contribution in [0.15, 0.2) is 48.7 Å². The van der Waals surface area contributed by atoms with Crippen molar-refractivity contribution in [2.24, 2.45) is 0 Å². The Balaban J connectivity index is 1.84. The third-order valence-corrected chi connectivity index (χ3v) is 3.22. The van der Waals surface area contributed by atoms with E-state index in [0.29, 0.717) is 16.5 Å². The molecule has 0 atom stereocenters. The lowest BCUT2D eigenvalue weighted by Gasteiger charge is -2.09. The van der Waals surface area contributed by atoms with Crippen LogP contribution in [0.1, 0.15) is 0 Å². The molecule has 0 aliphatic rings. The van der Waals surface area contributed by atoms with Crippen molar-refractivity contribution in [1.29, 1.82) is 0 Å². The topological polar surface area (TPSA) is 62.7 Å². The van der Waals surface area contributed by atoms with Crippen molar-refractivity contribution < 1.29 is 8.78 Å². The molecule has 8 heteroatoms. The van der Waals surface area contributed by atoms with Crippen molar-refractivity contribution in [2.75, 3.05) is 10.6 Å². The van der Waals surface area contributed by atoms with Crippen LogP contribution in [0.5, 0.6) is 0 Å². The Morgan fingerprint density at radius 1 is 0.913 bits per heavy atom. The minimum Gasteiger partial charge on any atom is -0.338 e. The van der Waals surface area contributed by atoms with E-state index in [2.05, 4.69) is 25.8 Å². The minimum absolute atomic E-state index is 0.0500. The zero-order valence-electron chi connectivity index (χ0n) is 11.6. The lowest BCUT2D eigenvalue weighted by molar-refractivity contribution is 0.590. The van der Waals surface area contributed by atoms with E-state index in [1.54, 1.807) is 24.3 Å². The molecule has 2 N–H and O–H groups in total. The first-order valence-electron chi connectivity index (χ1n) is 6.56. The molecule has 116 valence electrons. The lowest BCUT2D eigenvalue weighted by atomic mass is 10.3. The zero-order valence-corrected chi connectivity index (χ0v) is 12.4. The van der Waals surface area contributed by atoms with Gasteiger partial charge in [-0.25, -0.2) is 8.78 Å². The lowest BCUT2D eigenvalue weighted by Crippen LogP contribution is -2.05.